The van der Waals surface area contributed by atoms with Crippen LogP contribution in [0.15, 0.2) is 0 Å². The molecule has 0 heterocycles. The van der Waals surface area contributed by atoms with Crippen LogP contribution in [-0.2, 0) is 9.53 Å². The molecule has 0 aromatic heterocycles. The molecule has 0 spiro atoms. The number of ether oxygens (including phenoxy) is 1. The van der Waals surface area contributed by atoms with E-state index in [0.29, 0.717) is 19.6 Å². The molecule has 0 aromatic rings. The molecule has 116 valence electrons. The number of carboxylic acids is 1. The van der Waals surface area contributed by atoms with Gasteiger partial charge >= 0.3 is 12.0 Å². The van der Waals surface area contributed by atoms with Crippen molar-refractivity contribution < 1.29 is 19.4 Å². The van der Waals surface area contributed by atoms with Gasteiger partial charge in [0.15, 0.2) is 0 Å². The van der Waals surface area contributed by atoms with Crippen molar-refractivity contribution in [3.8, 4) is 0 Å². The standard InChI is InChI=1S/C14H26N2O4/c1-4-10(2)11(12(17)18)16-13(19)15-9-14(5-6-14)7-8-20-3/h10-11H,4-9H2,1-3H3,(H,17,18)(H2,15,16,19)/t10?,11-/m0/s1. The van der Waals surface area contributed by atoms with E-state index >= 15 is 0 Å². The quantitative estimate of drug-likeness (QED) is 0.601. The van der Waals surface area contributed by atoms with Gasteiger partial charge in [0.2, 0.25) is 0 Å². The van der Waals surface area contributed by atoms with Gasteiger partial charge in [0, 0.05) is 20.3 Å². The summed E-state index contributed by atoms with van der Waals surface area (Å²) in [7, 11) is 1.67. The summed E-state index contributed by atoms with van der Waals surface area (Å²) in [5, 5.41) is 14.5. The van der Waals surface area contributed by atoms with E-state index in [1.165, 1.54) is 0 Å². The molecule has 1 rings (SSSR count). The molecule has 0 saturated heterocycles. The molecule has 0 radical (unpaired) electrons. The van der Waals surface area contributed by atoms with E-state index < -0.39 is 18.0 Å². The van der Waals surface area contributed by atoms with Gasteiger partial charge in [-0.05, 0) is 30.6 Å². The van der Waals surface area contributed by atoms with Crippen molar-refractivity contribution in [3.63, 3.8) is 0 Å². The average molecular weight is 286 g/mol. The van der Waals surface area contributed by atoms with E-state index in [9.17, 15) is 9.59 Å². The fourth-order valence-electron chi connectivity index (χ4n) is 2.15. The van der Waals surface area contributed by atoms with Gasteiger partial charge in [0.25, 0.3) is 0 Å². The number of amides is 2. The SMILES string of the molecule is CCC(C)[C@H](NC(=O)NCC1(CCOC)CC1)C(=O)O. The van der Waals surface area contributed by atoms with Crippen molar-refractivity contribution in [2.24, 2.45) is 11.3 Å². The molecule has 1 saturated carbocycles. The molecule has 0 aliphatic heterocycles. The van der Waals surface area contributed by atoms with Crippen molar-refractivity contribution in [2.75, 3.05) is 20.3 Å². The molecule has 0 aromatic carbocycles. The summed E-state index contributed by atoms with van der Waals surface area (Å²) in [4.78, 5) is 22.9. The summed E-state index contributed by atoms with van der Waals surface area (Å²) in [6.07, 6.45) is 3.81. The molecular formula is C14H26N2O4. The Kier molecular flexibility index (Phi) is 6.26. The van der Waals surface area contributed by atoms with E-state index in [2.05, 4.69) is 10.6 Å². The molecule has 1 fully saturated rings. The first-order valence-corrected chi connectivity index (χ1v) is 7.20. The highest BCUT2D eigenvalue weighted by Crippen LogP contribution is 2.48. The normalized spacial score (nSPS) is 18.9. The zero-order valence-corrected chi connectivity index (χ0v) is 12.6. The molecule has 1 unspecified atom stereocenters. The number of carbonyl (C=O) groups excluding carboxylic acids is 1. The van der Waals surface area contributed by atoms with Gasteiger partial charge in [-0.25, -0.2) is 9.59 Å². The maximum Gasteiger partial charge on any atom is 0.326 e. The van der Waals surface area contributed by atoms with Crippen molar-refractivity contribution in [1.29, 1.82) is 0 Å². The molecule has 1 aliphatic carbocycles. The van der Waals surface area contributed by atoms with Crippen LogP contribution in [0.4, 0.5) is 4.79 Å². The number of nitrogens with one attached hydrogen (secondary N) is 2. The number of methoxy groups -OCH3 is 1. The third-order valence-corrected chi connectivity index (χ3v) is 4.18. The van der Waals surface area contributed by atoms with E-state index in [-0.39, 0.29) is 11.3 Å². The van der Waals surface area contributed by atoms with Crippen molar-refractivity contribution in [2.45, 2.75) is 45.6 Å². The molecule has 6 heteroatoms. The monoisotopic (exact) mass is 286 g/mol. The van der Waals surface area contributed by atoms with Crippen LogP contribution in [0, 0.1) is 11.3 Å². The Labute approximate surface area is 120 Å². The maximum atomic E-state index is 11.8. The third-order valence-electron chi connectivity index (χ3n) is 4.18. The molecular weight excluding hydrogens is 260 g/mol. The number of hydrogen-bond acceptors (Lipinski definition) is 3. The van der Waals surface area contributed by atoms with Crippen molar-refractivity contribution in [3.05, 3.63) is 0 Å². The largest absolute Gasteiger partial charge is 0.480 e. The van der Waals surface area contributed by atoms with Gasteiger partial charge in [0.1, 0.15) is 6.04 Å². The Morgan fingerprint density at radius 3 is 2.50 bits per heavy atom. The minimum atomic E-state index is -0.991. The van der Waals surface area contributed by atoms with Crippen molar-refractivity contribution >= 4 is 12.0 Å². The smallest absolute Gasteiger partial charge is 0.326 e. The van der Waals surface area contributed by atoms with Crippen LogP contribution in [0.5, 0.6) is 0 Å². The lowest BCUT2D eigenvalue weighted by Gasteiger charge is -2.21. The lowest BCUT2D eigenvalue weighted by Crippen LogP contribution is -2.50. The zero-order chi connectivity index (χ0) is 15.2. The van der Waals surface area contributed by atoms with E-state index in [1.807, 2.05) is 13.8 Å². The Hall–Kier alpha value is -1.30. The average Bonchev–Trinajstić information content (AvgIpc) is 3.19. The second-order valence-electron chi connectivity index (χ2n) is 5.77. The minimum absolute atomic E-state index is 0.0957. The van der Waals surface area contributed by atoms with E-state index in [0.717, 1.165) is 19.3 Å². The molecule has 0 bridgehead atoms. The second-order valence-corrected chi connectivity index (χ2v) is 5.77. The topological polar surface area (TPSA) is 87.7 Å². The first kappa shape index (κ1) is 16.8. The summed E-state index contributed by atoms with van der Waals surface area (Å²) < 4.78 is 5.06. The highest BCUT2D eigenvalue weighted by molar-refractivity contribution is 5.82. The van der Waals surface area contributed by atoms with Crippen LogP contribution in [0.2, 0.25) is 0 Å². The van der Waals surface area contributed by atoms with Gasteiger partial charge in [-0.3, -0.25) is 0 Å². The highest BCUT2D eigenvalue weighted by Gasteiger charge is 2.42. The lowest BCUT2D eigenvalue weighted by molar-refractivity contribution is -0.140. The fourth-order valence-corrected chi connectivity index (χ4v) is 2.15. The summed E-state index contributed by atoms with van der Waals surface area (Å²) in [5.74, 6) is -1.09. The molecule has 1 aliphatic rings. The Morgan fingerprint density at radius 2 is 2.05 bits per heavy atom. The zero-order valence-electron chi connectivity index (χ0n) is 12.6. The first-order chi connectivity index (χ1) is 9.44. The summed E-state index contributed by atoms with van der Waals surface area (Å²) in [6.45, 7) is 4.99. The predicted molar refractivity (Wildman–Crippen MR) is 75.6 cm³/mol. The van der Waals surface area contributed by atoms with Gasteiger partial charge in [-0.1, -0.05) is 20.3 Å². The molecule has 3 N–H and O–H groups in total. The number of urea groups is 1. The summed E-state index contributed by atoms with van der Waals surface area (Å²) in [5.41, 5.74) is 0.155. The van der Waals surface area contributed by atoms with Gasteiger partial charge < -0.3 is 20.5 Å². The van der Waals surface area contributed by atoms with E-state index in [1.54, 1.807) is 7.11 Å². The lowest BCUT2D eigenvalue weighted by atomic mass is 9.99. The molecule has 20 heavy (non-hydrogen) atoms. The number of carboxylic acid groups (broad SMARTS) is 1. The number of aliphatic carboxylic acids is 1. The Morgan fingerprint density at radius 1 is 1.40 bits per heavy atom. The Balaban J connectivity index is 2.37. The fraction of sp³-hybridized carbons (Fsp3) is 0.857. The van der Waals surface area contributed by atoms with Crippen LogP contribution >= 0.6 is 0 Å². The number of rotatable bonds is 9. The van der Waals surface area contributed by atoms with Crippen LogP contribution in [0.1, 0.15) is 39.5 Å². The van der Waals surface area contributed by atoms with Crippen LogP contribution in [0.25, 0.3) is 0 Å². The summed E-state index contributed by atoms with van der Waals surface area (Å²) in [6, 6.07) is -1.24. The van der Waals surface area contributed by atoms with Gasteiger partial charge in [-0.15, -0.1) is 0 Å². The molecule has 2 atom stereocenters. The number of carbonyl (C=O) groups is 2. The maximum absolute atomic E-state index is 11.8. The van der Waals surface area contributed by atoms with E-state index in [4.69, 9.17) is 9.84 Å². The van der Waals surface area contributed by atoms with Gasteiger partial charge in [0.05, 0.1) is 0 Å². The van der Waals surface area contributed by atoms with Crippen molar-refractivity contribution in [1.82, 2.24) is 10.6 Å². The Bertz CT molecular complexity index is 342. The molecule has 2 amide bonds. The number of hydrogen-bond donors (Lipinski definition) is 3. The molecule has 6 nitrogen and oxygen atoms in total. The van der Waals surface area contributed by atoms with Crippen LogP contribution in [-0.4, -0.2) is 43.4 Å². The third kappa shape index (κ3) is 5.00. The minimum Gasteiger partial charge on any atom is -0.480 e. The van der Waals surface area contributed by atoms with Crippen LogP contribution < -0.4 is 10.6 Å². The summed E-state index contributed by atoms with van der Waals surface area (Å²) >= 11 is 0. The predicted octanol–water partition coefficient (Wildman–Crippen LogP) is 1.60. The van der Waals surface area contributed by atoms with Crippen LogP contribution in [0.3, 0.4) is 0 Å². The highest BCUT2D eigenvalue weighted by atomic mass is 16.5. The first-order valence-electron chi connectivity index (χ1n) is 7.20. The second kappa shape index (κ2) is 7.47. The van der Waals surface area contributed by atoms with Gasteiger partial charge in [-0.2, -0.15) is 0 Å².